The summed E-state index contributed by atoms with van der Waals surface area (Å²) >= 11 is 0. The number of ether oxygens (including phenoxy) is 4. The van der Waals surface area contributed by atoms with E-state index >= 15 is 0 Å². The number of carbonyl (C=O) groups excluding carboxylic acids is 8. The van der Waals surface area contributed by atoms with Gasteiger partial charge in [0.15, 0.2) is 6.29 Å². The fraction of sp³-hybridized carbons (Fsp3) is 0.763. The Hall–Kier alpha value is -5.38. The van der Waals surface area contributed by atoms with Crippen LogP contribution in [0.15, 0.2) is 30.3 Å². The van der Waals surface area contributed by atoms with Crippen LogP contribution in [0.5, 0.6) is 0 Å². The second kappa shape index (κ2) is 36.2. The summed E-state index contributed by atoms with van der Waals surface area (Å²) in [6.07, 6.45) is 1.14. The zero-order chi connectivity index (χ0) is 60.4. The van der Waals surface area contributed by atoms with Gasteiger partial charge in [0.05, 0.1) is 25.4 Å². The van der Waals surface area contributed by atoms with Gasteiger partial charge in [-0.2, -0.15) is 0 Å². The minimum absolute atomic E-state index is 0.0329. The Bertz CT molecular complexity index is 2070. The summed E-state index contributed by atoms with van der Waals surface area (Å²) < 4.78 is 21.3. The summed E-state index contributed by atoms with van der Waals surface area (Å²) in [5.41, 5.74) is 0.837. The molecule has 456 valence electrons. The van der Waals surface area contributed by atoms with E-state index < -0.39 is 66.4 Å². The van der Waals surface area contributed by atoms with Gasteiger partial charge in [-0.05, 0) is 80.8 Å². The molecule has 2 unspecified atom stereocenters. The Morgan fingerprint density at radius 1 is 0.750 bits per heavy atom. The van der Waals surface area contributed by atoms with Gasteiger partial charge in [-0.15, -0.1) is 0 Å². The van der Waals surface area contributed by atoms with Crippen molar-refractivity contribution in [1.82, 2.24) is 41.3 Å². The third kappa shape index (κ3) is 22.9. The lowest BCUT2D eigenvalue weighted by Gasteiger charge is -2.40. The van der Waals surface area contributed by atoms with Crippen molar-refractivity contribution in [1.29, 1.82) is 0 Å². The maximum atomic E-state index is 14.4. The number of amides is 7. The number of aliphatic hydroxyl groups excluding tert-OH is 1. The average molecular weight is 1130 g/mol. The van der Waals surface area contributed by atoms with Gasteiger partial charge in [0.25, 0.3) is 0 Å². The van der Waals surface area contributed by atoms with E-state index in [1.165, 1.54) is 7.11 Å². The number of likely N-dealkylation sites (tertiary alicyclic amines) is 1. The molecule has 0 bridgehead atoms. The highest BCUT2D eigenvalue weighted by Crippen LogP contribution is 2.32. The van der Waals surface area contributed by atoms with E-state index in [-0.39, 0.29) is 130 Å². The van der Waals surface area contributed by atoms with Crippen LogP contribution >= 0.6 is 0 Å². The SMILES string of the molecule is CCC(CO)OC(COC(=O)NCCC(=O)N[C@@H](C(=O)OCCCNC(=O)[C@@H](Cc1ccccc1)NC(=O)[C@@H](C)[C@H](C)[C@H]1CCCN1C(=O)C[C@H](C)[C@@H]([C@H](C)CC)N(C)C(=O)[C@H](NC(=O)[C@@H](C(C)C)N(C)C)C(C)C)C(C)C)OC. The Balaban J connectivity index is 2.05. The standard InChI is InChI=1S/C59H102N8O13/c1-17-39(9)53(66(15)57(74)50(36(3)4)64-56(73)52(38(7)8)65(13)14)40(10)32-48(70)67-30-22-26-46(67)41(11)42(12)54(71)62-45(33-43-24-20-19-21-25-43)55(72)60-28-23-31-78-58(75)51(37(5)6)63-47(69)27-29-61-59(76)79-35-49(77-16)80-44(18-2)34-68/h19-21,24-25,36-42,44-46,49-53,68H,17-18,22-23,26-35H2,1-16H3,(H,60,72)(H,61,76)(H,62,71)(H,63,69)(H,64,73)/t39-,40+,41+,42+,44?,45-,46-,49?,50-,51-,52-,53-/m1/s1. The first-order chi connectivity index (χ1) is 37.7. The molecule has 1 aliphatic heterocycles. The number of hydrogen-bond acceptors (Lipinski definition) is 14. The molecule has 21 heteroatoms. The van der Waals surface area contributed by atoms with Crippen LogP contribution in [-0.2, 0) is 58.9 Å². The normalized spacial score (nSPS) is 17.7. The van der Waals surface area contributed by atoms with Gasteiger partial charge < -0.3 is 60.4 Å². The minimum atomic E-state index is -0.975. The number of hydrogen-bond donors (Lipinski definition) is 6. The Morgan fingerprint density at radius 2 is 1.40 bits per heavy atom. The summed E-state index contributed by atoms with van der Waals surface area (Å²) in [7, 11) is 6.87. The first-order valence-electron chi connectivity index (χ1n) is 29.0. The lowest BCUT2D eigenvalue weighted by atomic mass is 9.84. The lowest BCUT2D eigenvalue weighted by Crippen LogP contribution is -2.58. The topological polar surface area (TPSA) is 264 Å². The van der Waals surface area contributed by atoms with Crippen LogP contribution in [0.25, 0.3) is 0 Å². The molecule has 0 aliphatic carbocycles. The largest absolute Gasteiger partial charge is 0.464 e. The third-order valence-corrected chi connectivity index (χ3v) is 15.5. The van der Waals surface area contributed by atoms with Crippen LogP contribution in [0.1, 0.15) is 134 Å². The summed E-state index contributed by atoms with van der Waals surface area (Å²) in [6, 6.07) is 5.76. The second-order valence-corrected chi connectivity index (χ2v) is 23.0. The van der Waals surface area contributed by atoms with Gasteiger partial charge in [0.1, 0.15) is 24.7 Å². The molecule has 1 heterocycles. The summed E-state index contributed by atoms with van der Waals surface area (Å²) in [5, 5.41) is 23.4. The zero-order valence-electron chi connectivity index (χ0n) is 51.1. The molecule has 80 heavy (non-hydrogen) atoms. The number of carbonyl (C=O) groups is 8. The van der Waals surface area contributed by atoms with Crippen molar-refractivity contribution in [2.24, 2.45) is 41.4 Å². The van der Waals surface area contributed by atoms with E-state index in [2.05, 4.69) is 40.4 Å². The van der Waals surface area contributed by atoms with Crippen LogP contribution < -0.4 is 26.6 Å². The summed E-state index contributed by atoms with van der Waals surface area (Å²) in [4.78, 5) is 114. The summed E-state index contributed by atoms with van der Waals surface area (Å²) in [6.45, 7) is 23.2. The maximum absolute atomic E-state index is 14.4. The molecule has 0 spiro atoms. The first-order valence-corrected chi connectivity index (χ1v) is 29.0. The Kier molecular flexibility index (Phi) is 32.0. The van der Waals surface area contributed by atoms with E-state index in [9.17, 15) is 43.5 Å². The summed E-state index contributed by atoms with van der Waals surface area (Å²) in [5.74, 6) is -3.81. The molecule has 0 saturated carbocycles. The molecule has 1 aliphatic rings. The molecule has 1 saturated heterocycles. The molecular weight excluding hydrogens is 1030 g/mol. The number of nitrogens with one attached hydrogen (secondary N) is 5. The van der Waals surface area contributed by atoms with Crippen molar-refractivity contribution in [3.8, 4) is 0 Å². The van der Waals surface area contributed by atoms with Gasteiger partial charge in [-0.3, -0.25) is 33.7 Å². The fourth-order valence-electron chi connectivity index (χ4n) is 10.4. The molecule has 7 amide bonds. The van der Waals surface area contributed by atoms with Gasteiger partial charge in [0.2, 0.25) is 35.4 Å². The number of rotatable bonds is 36. The number of methoxy groups -OCH3 is 1. The molecule has 1 aromatic carbocycles. The van der Waals surface area contributed by atoms with Crippen molar-refractivity contribution >= 4 is 47.5 Å². The van der Waals surface area contributed by atoms with Crippen molar-refractivity contribution in [3.63, 3.8) is 0 Å². The predicted octanol–water partition coefficient (Wildman–Crippen LogP) is 4.67. The van der Waals surface area contributed by atoms with Crippen LogP contribution in [0, 0.1) is 41.4 Å². The van der Waals surface area contributed by atoms with Crippen molar-refractivity contribution in [3.05, 3.63) is 35.9 Å². The lowest BCUT2D eigenvalue weighted by molar-refractivity contribution is -0.181. The Morgan fingerprint density at radius 3 is 1.96 bits per heavy atom. The van der Waals surface area contributed by atoms with Gasteiger partial charge >= 0.3 is 12.1 Å². The number of esters is 1. The average Bonchev–Trinajstić information content (AvgIpc) is 3.91. The number of nitrogens with zero attached hydrogens (tertiary/aromatic N) is 3. The molecule has 12 atom stereocenters. The number of alkyl carbamates (subject to hydrolysis) is 1. The zero-order valence-corrected chi connectivity index (χ0v) is 51.1. The highest BCUT2D eigenvalue weighted by molar-refractivity contribution is 5.91. The molecule has 1 aromatic rings. The van der Waals surface area contributed by atoms with E-state index in [4.69, 9.17) is 18.9 Å². The van der Waals surface area contributed by atoms with Crippen LogP contribution in [0.4, 0.5) is 4.79 Å². The molecule has 0 aromatic heterocycles. The van der Waals surface area contributed by atoms with E-state index in [1.54, 1.807) is 25.8 Å². The third-order valence-electron chi connectivity index (χ3n) is 15.5. The molecule has 6 N–H and O–H groups in total. The van der Waals surface area contributed by atoms with E-state index in [0.717, 1.165) is 18.4 Å². The highest BCUT2D eigenvalue weighted by Gasteiger charge is 2.41. The molecule has 21 nitrogen and oxygen atoms in total. The Labute approximate surface area is 477 Å². The second-order valence-electron chi connectivity index (χ2n) is 23.0. The maximum Gasteiger partial charge on any atom is 0.407 e. The van der Waals surface area contributed by atoms with E-state index in [0.29, 0.717) is 19.4 Å². The predicted molar refractivity (Wildman–Crippen MR) is 306 cm³/mol. The quantitative estimate of drug-likeness (QED) is 0.0303. The van der Waals surface area contributed by atoms with Gasteiger partial charge in [-0.1, -0.05) is 120 Å². The number of benzene rings is 1. The fourth-order valence-corrected chi connectivity index (χ4v) is 10.4. The van der Waals surface area contributed by atoms with Crippen LogP contribution in [0.3, 0.4) is 0 Å². The highest BCUT2D eigenvalue weighted by atomic mass is 16.7. The minimum Gasteiger partial charge on any atom is -0.464 e. The number of aliphatic hydroxyl groups is 1. The number of likely N-dealkylation sites (N-methyl/N-ethyl adjacent to an activating group) is 2. The molecule has 0 radical (unpaired) electrons. The van der Waals surface area contributed by atoms with Crippen molar-refractivity contribution < 1.29 is 62.4 Å². The molecule has 2 rings (SSSR count). The van der Waals surface area contributed by atoms with Gasteiger partial charge in [0, 0.05) is 71.1 Å². The van der Waals surface area contributed by atoms with Crippen molar-refractivity contribution in [2.75, 3.05) is 67.7 Å². The van der Waals surface area contributed by atoms with Gasteiger partial charge in [-0.25, -0.2) is 9.59 Å². The molecule has 1 fully saturated rings. The monoisotopic (exact) mass is 1130 g/mol. The molecular formula is C59H102N8O13. The van der Waals surface area contributed by atoms with Crippen LogP contribution in [-0.4, -0.2) is 184 Å². The van der Waals surface area contributed by atoms with E-state index in [1.807, 2.05) is 110 Å². The van der Waals surface area contributed by atoms with Crippen LogP contribution in [0.2, 0.25) is 0 Å². The first kappa shape index (κ1) is 70.7. The smallest absolute Gasteiger partial charge is 0.407 e. The van der Waals surface area contributed by atoms with Crippen molar-refractivity contribution in [2.45, 2.75) is 183 Å².